The van der Waals surface area contributed by atoms with Crippen molar-refractivity contribution in [1.82, 2.24) is 0 Å². The van der Waals surface area contributed by atoms with E-state index in [1.54, 1.807) is 0 Å². The predicted molar refractivity (Wildman–Crippen MR) is 78.4 cm³/mol. The van der Waals surface area contributed by atoms with Crippen molar-refractivity contribution in [3.05, 3.63) is 47.2 Å². The van der Waals surface area contributed by atoms with Crippen molar-refractivity contribution in [3.8, 4) is 0 Å². The van der Waals surface area contributed by atoms with Gasteiger partial charge in [-0.25, -0.2) is 0 Å². The molecule has 0 aliphatic heterocycles. The summed E-state index contributed by atoms with van der Waals surface area (Å²) in [5.74, 6) is 0. The molecule has 18 heavy (non-hydrogen) atoms. The third kappa shape index (κ3) is 6.44. The van der Waals surface area contributed by atoms with Crippen LogP contribution in [0.5, 0.6) is 0 Å². The standard InChI is InChI=1S/C17H24O/c1-2-3-4-6-11-17(14-15-18)13-12-16-9-7-5-8-10-16/h5,7-10,12,18H,2-4,6,11,14-15H2,1H3. The monoisotopic (exact) mass is 244 g/mol. The van der Waals surface area contributed by atoms with Crippen molar-refractivity contribution in [2.45, 2.75) is 45.4 Å². The Hall–Kier alpha value is -1.30. The molecule has 0 bridgehead atoms. The molecule has 0 saturated carbocycles. The Balaban J connectivity index is 2.57. The van der Waals surface area contributed by atoms with Crippen LogP contribution in [0.15, 0.2) is 41.6 Å². The number of rotatable bonds is 8. The van der Waals surface area contributed by atoms with Gasteiger partial charge in [-0.1, -0.05) is 56.5 Å². The third-order valence-electron chi connectivity index (χ3n) is 2.99. The van der Waals surface area contributed by atoms with Gasteiger partial charge in [0, 0.05) is 6.61 Å². The van der Waals surface area contributed by atoms with E-state index in [2.05, 4.69) is 24.8 Å². The lowest BCUT2D eigenvalue weighted by molar-refractivity contribution is 0.297. The molecule has 0 spiro atoms. The minimum absolute atomic E-state index is 0.221. The molecule has 1 nitrogen and oxygen atoms in total. The van der Waals surface area contributed by atoms with E-state index in [1.165, 1.54) is 36.8 Å². The van der Waals surface area contributed by atoms with Gasteiger partial charge < -0.3 is 5.11 Å². The molecule has 0 unspecified atom stereocenters. The van der Waals surface area contributed by atoms with E-state index in [4.69, 9.17) is 5.11 Å². The number of aliphatic hydroxyl groups is 1. The topological polar surface area (TPSA) is 20.2 Å². The zero-order chi connectivity index (χ0) is 13.1. The molecule has 0 aromatic heterocycles. The summed E-state index contributed by atoms with van der Waals surface area (Å²) in [6, 6.07) is 10.2. The second-order valence-corrected chi connectivity index (χ2v) is 4.59. The van der Waals surface area contributed by atoms with E-state index >= 15 is 0 Å². The second-order valence-electron chi connectivity index (χ2n) is 4.59. The van der Waals surface area contributed by atoms with Crippen molar-refractivity contribution in [2.75, 3.05) is 6.61 Å². The molecule has 0 saturated heterocycles. The van der Waals surface area contributed by atoms with Gasteiger partial charge in [-0.2, -0.15) is 0 Å². The number of aliphatic hydroxyl groups excluding tert-OH is 1. The zero-order valence-corrected chi connectivity index (χ0v) is 11.4. The lowest BCUT2D eigenvalue weighted by Crippen LogP contribution is -1.88. The van der Waals surface area contributed by atoms with Gasteiger partial charge in [-0.15, -0.1) is 5.73 Å². The highest BCUT2D eigenvalue weighted by atomic mass is 16.2. The lowest BCUT2D eigenvalue weighted by atomic mass is 10.0. The van der Waals surface area contributed by atoms with Crippen LogP contribution in [0.1, 0.15) is 51.0 Å². The Bertz CT molecular complexity index is 372. The summed E-state index contributed by atoms with van der Waals surface area (Å²) in [6.07, 6.45) is 8.87. The summed E-state index contributed by atoms with van der Waals surface area (Å²) in [5.41, 5.74) is 5.75. The molecule has 0 aliphatic rings. The smallest absolute Gasteiger partial charge is 0.0474 e. The molecule has 0 heterocycles. The SMILES string of the molecule is CCCCCCC(=C=Cc1ccccc1)CCO. The van der Waals surface area contributed by atoms with Gasteiger partial charge in [-0.3, -0.25) is 0 Å². The van der Waals surface area contributed by atoms with Crippen LogP contribution in [-0.2, 0) is 0 Å². The molecule has 0 radical (unpaired) electrons. The Kier molecular flexibility index (Phi) is 7.96. The van der Waals surface area contributed by atoms with Gasteiger partial charge in [0.25, 0.3) is 0 Å². The third-order valence-corrected chi connectivity index (χ3v) is 2.99. The van der Waals surface area contributed by atoms with E-state index in [0.29, 0.717) is 0 Å². The Labute approximate surface area is 111 Å². The molecule has 1 heteroatoms. The Morgan fingerprint density at radius 1 is 1.11 bits per heavy atom. The number of hydrogen-bond donors (Lipinski definition) is 1. The van der Waals surface area contributed by atoms with Crippen LogP contribution >= 0.6 is 0 Å². The first-order valence-electron chi connectivity index (χ1n) is 6.97. The summed E-state index contributed by atoms with van der Waals surface area (Å²) < 4.78 is 0. The second kappa shape index (κ2) is 9.70. The molecule has 0 amide bonds. The highest BCUT2D eigenvalue weighted by molar-refractivity contribution is 5.48. The molecule has 98 valence electrons. The molecule has 0 aliphatic carbocycles. The van der Waals surface area contributed by atoms with Crippen molar-refractivity contribution in [1.29, 1.82) is 0 Å². The summed E-state index contributed by atoms with van der Waals surface area (Å²) in [6.45, 7) is 2.44. The van der Waals surface area contributed by atoms with Crippen LogP contribution in [-0.4, -0.2) is 11.7 Å². The van der Waals surface area contributed by atoms with E-state index in [0.717, 1.165) is 12.8 Å². The number of benzene rings is 1. The first kappa shape index (κ1) is 14.8. The average Bonchev–Trinajstić information content (AvgIpc) is 2.42. The van der Waals surface area contributed by atoms with Gasteiger partial charge in [0.15, 0.2) is 0 Å². The highest BCUT2D eigenvalue weighted by Crippen LogP contribution is 2.13. The molecule has 1 aromatic rings. The van der Waals surface area contributed by atoms with Crippen LogP contribution in [0, 0.1) is 0 Å². The van der Waals surface area contributed by atoms with Crippen LogP contribution in [0.25, 0.3) is 6.08 Å². The fraction of sp³-hybridized carbons (Fsp3) is 0.471. The molecular formula is C17H24O. The maximum absolute atomic E-state index is 9.06. The fourth-order valence-corrected chi connectivity index (χ4v) is 1.90. The Morgan fingerprint density at radius 3 is 2.56 bits per heavy atom. The van der Waals surface area contributed by atoms with Crippen LogP contribution in [0.3, 0.4) is 0 Å². The van der Waals surface area contributed by atoms with Crippen LogP contribution in [0.4, 0.5) is 0 Å². The normalized spacial score (nSPS) is 9.89. The van der Waals surface area contributed by atoms with Gasteiger partial charge in [0.1, 0.15) is 0 Å². The maximum atomic E-state index is 9.06. The van der Waals surface area contributed by atoms with Crippen molar-refractivity contribution >= 4 is 6.08 Å². The van der Waals surface area contributed by atoms with Gasteiger partial charge in [0.05, 0.1) is 0 Å². The minimum Gasteiger partial charge on any atom is -0.396 e. The molecule has 1 aromatic carbocycles. The summed E-state index contributed by atoms with van der Waals surface area (Å²) in [4.78, 5) is 0. The molecule has 1 N–H and O–H groups in total. The molecule has 0 fully saturated rings. The predicted octanol–water partition coefficient (Wildman–Crippen LogP) is 4.58. The van der Waals surface area contributed by atoms with E-state index in [1.807, 2.05) is 24.3 Å². The molecule has 0 atom stereocenters. The summed E-state index contributed by atoms with van der Waals surface area (Å²) >= 11 is 0. The number of unbranched alkanes of at least 4 members (excludes halogenated alkanes) is 3. The van der Waals surface area contributed by atoms with E-state index in [9.17, 15) is 0 Å². The van der Waals surface area contributed by atoms with Gasteiger partial charge in [0.2, 0.25) is 0 Å². The lowest BCUT2D eigenvalue weighted by Gasteiger charge is -2.02. The van der Waals surface area contributed by atoms with Gasteiger partial charge in [-0.05, 0) is 36.5 Å². The fourth-order valence-electron chi connectivity index (χ4n) is 1.90. The van der Waals surface area contributed by atoms with E-state index in [-0.39, 0.29) is 6.61 Å². The van der Waals surface area contributed by atoms with Crippen LogP contribution < -0.4 is 0 Å². The molecular weight excluding hydrogens is 220 g/mol. The summed E-state index contributed by atoms with van der Waals surface area (Å²) in [7, 11) is 0. The van der Waals surface area contributed by atoms with Crippen molar-refractivity contribution < 1.29 is 5.11 Å². The Morgan fingerprint density at radius 2 is 1.89 bits per heavy atom. The first-order valence-corrected chi connectivity index (χ1v) is 6.97. The average molecular weight is 244 g/mol. The number of hydrogen-bond acceptors (Lipinski definition) is 1. The first-order chi connectivity index (χ1) is 8.86. The summed E-state index contributed by atoms with van der Waals surface area (Å²) in [5, 5.41) is 9.06. The minimum atomic E-state index is 0.221. The highest BCUT2D eigenvalue weighted by Gasteiger charge is 1.96. The van der Waals surface area contributed by atoms with Crippen molar-refractivity contribution in [2.24, 2.45) is 0 Å². The molecule has 1 rings (SSSR count). The largest absolute Gasteiger partial charge is 0.396 e. The van der Waals surface area contributed by atoms with Gasteiger partial charge >= 0.3 is 0 Å². The van der Waals surface area contributed by atoms with Crippen molar-refractivity contribution in [3.63, 3.8) is 0 Å². The zero-order valence-electron chi connectivity index (χ0n) is 11.4. The van der Waals surface area contributed by atoms with Crippen LogP contribution in [0.2, 0.25) is 0 Å². The quantitative estimate of drug-likeness (QED) is 0.524. The van der Waals surface area contributed by atoms with E-state index < -0.39 is 0 Å². The maximum Gasteiger partial charge on any atom is 0.0474 e.